The summed E-state index contributed by atoms with van der Waals surface area (Å²) in [6.45, 7) is 5.15. The first-order valence-corrected chi connectivity index (χ1v) is 10.6. The van der Waals surface area contributed by atoms with Crippen molar-refractivity contribution in [2.75, 3.05) is 26.2 Å². The Morgan fingerprint density at radius 3 is 2.72 bits per heavy atom. The minimum Gasteiger partial charge on any atom is -0.466 e. The SMILES string of the molecule is CCOC(=O)C1CCCN(CCC/C=C/c2ccccc2-c2ccccc2F)C1. The second-order valence-corrected chi connectivity index (χ2v) is 7.50. The van der Waals surface area contributed by atoms with Crippen LogP contribution in [0.5, 0.6) is 0 Å². The Morgan fingerprint density at radius 1 is 1.17 bits per heavy atom. The quantitative estimate of drug-likeness (QED) is 0.433. The van der Waals surface area contributed by atoms with Crippen LogP contribution < -0.4 is 0 Å². The number of likely N-dealkylation sites (tertiary alicyclic amines) is 1. The Bertz CT molecular complexity index is 833. The largest absolute Gasteiger partial charge is 0.466 e. The van der Waals surface area contributed by atoms with Crippen molar-refractivity contribution in [3.05, 3.63) is 66.0 Å². The third-order valence-corrected chi connectivity index (χ3v) is 5.39. The summed E-state index contributed by atoms with van der Waals surface area (Å²) >= 11 is 0. The van der Waals surface area contributed by atoms with E-state index in [4.69, 9.17) is 4.74 Å². The minimum atomic E-state index is -0.199. The number of rotatable bonds is 8. The minimum absolute atomic E-state index is 0.0203. The van der Waals surface area contributed by atoms with E-state index in [9.17, 15) is 9.18 Å². The zero-order valence-electron chi connectivity index (χ0n) is 17.1. The van der Waals surface area contributed by atoms with Crippen LogP contribution in [0.3, 0.4) is 0 Å². The number of allylic oxidation sites excluding steroid dienone is 1. The number of piperidine rings is 1. The van der Waals surface area contributed by atoms with Gasteiger partial charge in [0.2, 0.25) is 0 Å². The van der Waals surface area contributed by atoms with E-state index in [0.29, 0.717) is 12.2 Å². The standard InChI is InChI=1S/C25H30FNO2/c1-2-29-25(28)21-13-10-18-27(19-21)17-9-3-4-11-20-12-5-6-14-22(20)23-15-7-8-16-24(23)26/h4-8,11-12,14-16,21H,2-3,9-10,13,17-19H2,1H3/b11-4+. The van der Waals surface area contributed by atoms with E-state index in [1.807, 2.05) is 43.3 Å². The number of carbonyl (C=O) groups is 1. The van der Waals surface area contributed by atoms with Crippen molar-refractivity contribution in [3.8, 4) is 11.1 Å². The van der Waals surface area contributed by atoms with Crippen molar-refractivity contribution in [1.82, 2.24) is 4.90 Å². The van der Waals surface area contributed by atoms with Gasteiger partial charge in [-0.2, -0.15) is 0 Å². The number of carbonyl (C=O) groups excluding carboxylic acids is 1. The lowest BCUT2D eigenvalue weighted by molar-refractivity contribution is -0.149. The molecule has 3 rings (SSSR count). The number of hydrogen-bond acceptors (Lipinski definition) is 3. The first kappa shape index (κ1) is 21.3. The fourth-order valence-electron chi connectivity index (χ4n) is 3.92. The van der Waals surface area contributed by atoms with Gasteiger partial charge in [0.1, 0.15) is 5.82 Å². The van der Waals surface area contributed by atoms with Crippen molar-refractivity contribution < 1.29 is 13.9 Å². The van der Waals surface area contributed by atoms with E-state index in [0.717, 1.165) is 56.4 Å². The molecule has 4 heteroatoms. The molecule has 2 aromatic rings. The summed E-state index contributed by atoms with van der Waals surface area (Å²) in [5, 5.41) is 0. The summed E-state index contributed by atoms with van der Waals surface area (Å²) in [5.74, 6) is -0.233. The van der Waals surface area contributed by atoms with Crippen molar-refractivity contribution in [2.24, 2.45) is 5.92 Å². The summed E-state index contributed by atoms with van der Waals surface area (Å²) in [5.41, 5.74) is 2.57. The molecule has 3 nitrogen and oxygen atoms in total. The van der Waals surface area contributed by atoms with Crippen LogP contribution in [0.25, 0.3) is 17.2 Å². The van der Waals surface area contributed by atoms with Crippen LogP contribution in [0.1, 0.15) is 38.2 Å². The van der Waals surface area contributed by atoms with Crippen molar-refractivity contribution in [1.29, 1.82) is 0 Å². The molecule has 1 aliphatic rings. The first-order chi connectivity index (χ1) is 14.2. The predicted molar refractivity (Wildman–Crippen MR) is 116 cm³/mol. The average Bonchev–Trinajstić information content (AvgIpc) is 2.75. The van der Waals surface area contributed by atoms with Gasteiger partial charge in [-0.3, -0.25) is 4.79 Å². The maximum Gasteiger partial charge on any atom is 0.310 e. The molecule has 2 aromatic carbocycles. The van der Waals surface area contributed by atoms with Gasteiger partial charge in [0, 0.05) is 12.1 Å². The molecular weight excluding hydrogens is 365 g/mol. The number of benzene rings is 2. The van der Waals surface area contributed by atoms with Crippen LogP contribution in [-0.4, -0.2) is 37.1 Å². The van der Waals surface area contributed by atoms with E-state index in [1.54, 1.807) is 6.07 Å². The topological polar surface area (TPSA) is 29.5 Å². The highest BCUT2D eigenvalue weighted by molar-refractivity contribution is 5.75. The van der Waals surface area contributed by atoms with E-state index < -0.39 is 0 Å². The van der Waals surface area contributed by atoms with Crippen LogP contribution in [-0.2, 0) is 9.53 Å². The molecule has 0 saturated carbocycles. The summed E-state index contributed by atoms with van der Waals surface area (Å²) in [4.78, 5) is 14.3. The maximum absolute atomic E-state index is 14.2. The Kier molecular flexibility index (Phi) is 8.00. The molecule has 0 aromatic heterocycles. The van der Waals surface area contributed by atoms with E-state index in [-0.39, 0.29) is 17.7 Å². The van der Waals surface area contributed by atoms with Crippen LogP contribution in [0.2, 0.25) is 0 Å². The second kappa shape index (κ2) is 10.9. The van der Waals surface area contributed by atoms with Gasteiger partial charge < -0.3 is 9.64 Å². The lowest BCUT2D eigenvalue weighted by Gasteiger charge is -2.31. The van der Waals surface area contributed by atoms with E-state index in [2.05, 4.69) is 17.1 Å². The molecule has 0 bridgehead atoms. The van der Waals surface area contributed by atoms with Gasteiger partial charge in [-0.05, 0) is 62.9 Å². The summed E-state index contributed by atoms with van der Waals surface area (Å²) in [7, 11) is 0. The van der Waals surface area contributed by atoms with Gasteiger partial charge in [-0.15, -0.1) is 0 Å². The second-order valence-electron chi connectivity index (χ2n) is 7.50. The molecular formula is C25H30FNO2. The third-order valence-electron chi connectivity index (χ3n) is 5.39. The highest BCUT2D eigenvalue weighted by Crippen LogP contribution is 2.27. The fourth-order valence-corrected chi connectivity index (χ4v) is 3.92. The molecule has 0 spiro atoms. The molecule has 1 unspecified atom stereocenters. The van der Waals surface area contributed by atoms with Gasteiger partial charge in [-0.1, -0.05) is 54.6 Å². The summed E-state index contributed by atoms with van der Waals surface area (Å²) < 4.78 is 19.4. The molecule has 1 heterocycles. The smallest absolute Gasteiger partial charge is 0.310 e. The van der Waals surface area contributed by atoms with Crippen LogP contribution in [0.15, 0.2) is 54.6 Å². The van der Waals surface area contributed by atoms with Gasteiger partial charge in [0.15, 0.2) is 0 Å². The third kappa shape index (κ3) is 6.01. The van der Waals surface area contributed by atoms with Crippen LogP contribution in [0, 0.1) is 11.7 Å². The fraction of sp³-hybridized carbons (Fsp3) is 0.400. The molecule has 0 amide bonds. The lowest BCUT2D eigenvalue weighted by Crippen LogP contribution is -2.39. The number of nitrogens with zero attached hydrogens (tertiary/aromatic N) is 1. The van der Waals surface area contributed by atoms with Crippen molar-refractivity contribution in [2.45, 2.75) is 32.6 Å². The van der Waals surface area contributed by atoms with E-state index >= 15 is 0 Å². The van der Waals surface area contributed by atoms with Gasteiger partial charge in [0.25, 0.3) is 0 Å². The molecule has 0 N–H and O–H groups in total. The van der Waals surface area contributed by atoms with Crippen molar-refractivity contribution >= 4 is 12.0 Å². The molecule has 1 atom stereocenters. The van der Waals surface area contributed by atoms with Gasteiger partial charge >= 0.3 is 5.97 Å². The zero-order valence-corrected chi connectivity index (χ0v) is 17.1. The molecule has 0 radical (unpaired) electrons. The first-order valence-electron chi connectivity index (χ1n) is 10.6. The van der Waals surface area contributed by atoms with E-state index in [1.165, 1.54) is 6.07 Å². The van der Waals surface area contributed by atoms with Crippen LogP contribution in [0.4, 0.5) is 4.39 Å². The predicted octanol–water partition coefficient (Wildman–Crippen LogP) is 5.56. The Balaban J connectivity index is 1.52. The Labute approximate surface area is 173 Å². The monoisotopic (exact) mass is 395 g/mol. The summed E-state index contributed by atoms with van der Waals surface area (Å²) in [6, 6.07) is 14.8. The highest BCUT2D eigenvalue weighted by atomic mass is 19.1. The number of hydrogen-bond donors (Lipinski definition) is 0. The Hall–Kier alpha value is -2.46. The average molecular weight is 396 g/mol. The Morgan fingerprint density at radius 2 is 1.93 bits per heavy atom. The van der Waals surface area contributed by atoms with Crippen LogP contribution >= 0.6 is 0 Å². The highest BCUT2D eigenvalue weighted by Gasteiger charge is 2.26. The molecule has 29 heavy (non-hydrogen) atoms. The molecule has 1 fully saturated rings. The molecule has 154 valence electrons. The zero-order chi connectivity index (χ0) is 20.5. The number of halogens is 1. The number of ether oxygens (including phenoxy) is 1. The van der Waals surface area contributed by atoms with Crippen molar-refractivity contribution in [3.63, 3.8) is 0 Å². The molecule has 0 aliphatic carbocycles. The molecule has 1 aliphatic heterocycles. The van der Waals surface area contributed by atoms with Gasteiger partial charge in [-0.25, -0.2) is 4.39 Å². The number of unbranched alkanes of at least 4 members (excludes halogenated alkanes) is 1. The molecule has 1 saturated heterocycles. The lowest BCUT2D eigenvalue weighted by atomic mass is 9.97. The maximum atomic E-state index is 14.2. The number of esters is 1. The normalized spacial score (nSPS) is 17.5. The van der Waals surface area contributed by atoms with Gasteiger partial charge in [0.05, 0.1) is 12.5 Å². The summed E-state index contributed by atoms with van der Waals surface area (Å²) in [6.07, 6.45) is 8.21.